The minimum Gasteiger partial charge on any atom is -0.497 e. The Balaban J connectivity index is 2.58. The third kappa shape index (κ3) is 5.39. The van der Waals surface area contributed by atoms with Crippen molar-refractivity contribution in [3.8, 4) is 11.5 Å². The smallest absolute Gasteiger partial charge is 0.122 e. The molecule has 1 rings (SSSR count). The molecule has 114 valence electrons. The molecular formula is C16H28N2O2. The quantitative estimate of drug-likeness (QED) is 0.795. The Bertz CT molecular complexity index is 385. The summed E-state index contributed by atoms with van der Waals surface area (Å²) in [7, 11) is 5.45. The van der Waals surface area contributed by atoms with E-state index in [0.29, 0.717) is 5.92 Å². The predicted octanol–water partition coefficient (Wildman–Crippen LogP) is 2.51. The maximum absolute atomic E-state index is 6.08. The lowest BCUT2D eigenvalue weighted by Gasteiger charge is -2.21. The van der Waals surface area contributed by atoms with E-state index >= 15 is 0 Å². The van der Waals surface area contributed by atoms with Gasteiger partial charge in [0.2, 0.25) is 0 Å². The lowest BCUT2D eigenvalue weighted by Crippen LogP contribution is -2.31. The number of hydrogen-bond acceptors (Lipinski definition) is 4. The molecule has 0 aliphatic rings. The van der Waals surface area contributed by atoms with Gasteiger partial charge in [0.25, 0.3) is 0 Å². The summed E-state index contributed by atoms with van der Waals surface area (Å²) in [6, 6.07) is 6.23. The normalized spacial score (nSPS) is 12.8. The third-order valence-corrected chi connectivity index (χ3v) is 3.56. The second kappa shape index (κ2) is 8.12. The molecule has 1 aromatic carbocycles. The SMILES string of the molecule is COc1cc(CN(C)CCC(N)C(C)C)cc(OC)c1. The Morgan fingerprint density at radius 3 is 2.10 bits per heavy atom. The van der Waals surface area contributed by atoms with Gasteiger partial charge in [-0.15, -0.1) is 0 Å². The van der Waals surface area contributed by atoms with E-state index in [9.17, 15) is 0 Å². The van der Waals surface area contributed by atoms with Gasteiger partial charge in [-0.25, -0.2) is 0 Å². The first-order chi connectivity index (χ1) is 9.46. The summed E-state index contributed by atoms with van der Waals surface area (Å²) in [5.74, 6) is 2.18. The van der Waals surface area contributed by atoms with Gasteiger partial charge >= 0.3 is 0 Å². The minimum atomic E-state index is 0.261. The standard InChI is InChI=1S/C16H28N2O2/c1-12(2)16(17)6-7-18(3)11-13-8-14(19-4)10-15(9-13)20-5/h8-10,12,16H,6-7,11,17H2,1-5H3. The summed E-state index contributed by atoms with van der Waals surface area (Å²) >= 11 is 0. The van der Waals surface area contributed by atoms with Crippen molar-refractivity contribution >= 4 is 0 Å². The Morgan fingerprint density at radius 2 is 1.65 bits per heavy atom. The van der Waals surface area contributed by atoms with Crippen LogP contribution in [0.4, 0.5) is 0 Å². The van der Waals surface area contributed by atoms with E-state index in [1.165, 1.54) is 5.56 Å². The van der Waals surface area contributed by atoms with Crippen LogP contribution in [-0.2, 0) is 6.54 Å². The predicted molar refractivity (Wildman–Crippen MR) is 83.3 cm³/mol. The second-order valence-corrected chi connectivity index (χ2v) is 5.66. The average molecular weight is 280 g/mol. The van der Waals surface area contributed by atoms with Crippen LogP contribution in [0, 0.1) is 5.92 Å². The van der Waals surface area contributed by atoms with Gasteiger partial charge in [-0.05, 0) is 43.6 Å². The van der Waals surface area contributed by atoms with Gasteiger partial charge in [-0.3, -0.25) is 0 Å². The topological polar surface area (TPSA) is 47.7 Å². The molecule has 0 aliphatic heterocycles. The summed E-state index contributed by atoms with van der Waals surface area (Å²) in [6.07, 6.45) is 1.01. The molecule has 0 amide bonds. The van der Waals surface area contributed by atoms with Gasteiger partial charge in [0.1, 0.15) is 11.5 Å². The van der Waals surface area contributed by atoms with Gasteiger partial charge in [0, 0.05) is 18.7 Å². The minimum absolute atomic E-state index is 0.261. The Hall–Kier alpha value is -1.26. The van der Waals surface area contributed by atoms with E-state index in [2.05, 4.69) is 25.8 Å². The summed E-state index contributed by atoms with van der Waals surface area (Å²) in [6.45, 7) is 6.17. The summed E-state index contributed by atoms with van der Waals surface area (Å²) in [4.78, 5) is 2.27. The molecule has 0 radical (unpaired) electrons. The summed E-state index contributed by atoms with van der Waals surface area (Å²) in [5.41, 5.74) is 7.27. The zero-order valence-corrected chi connectivity index (χ0v) is 13.3. The molecule has 2 N–H and O–H groups in total. The molecule has 0 heterocycles. The molecule has 0 bridgehead atoms. The third-order valence-electron chi connectivity index (χ3n) is 3.56. The Morgan fingerprint density at radius 1 is 1.10 bits per heavy atom. The van der Waals surface area contributed by atoms with Gasteiger partial charge in [-0.1, -0.05) is 13.8 Å². The van der Waals surface area contributed by atoms with Gasteiger partial charge in [0.05, 0.1) is 14.2 Å². The first-order valence-electron chi connectivity index (χ1n) is 7.12. The van der Waals surface area contributed by atoms with E-state index in [-0.39, 0.29) is 6.04 Å². The average Bonchev–Trinajstić information content (AvgIpc) is 2.43. The molecule has 1 atom stereocenters. The molecule has 0 spiro atoms. The number of methoxy groups -OCH3 is 2. The fourth-order valence-corrected chi connectivity index (χ4v) is 2.05. The van der Waals surface area contributed by atoms with Crippen molar-refractivity contribution < 1.29 is 9.47 Å². The first-order valence-corrected chi connectivity index (χ1v) is 7.12. The van der Waals surface area contributed by atoms with Crippen molar-refractivity contribution in [3.05, 3.63) is 23.8 Å². The van der Waals surface area contributed by atoms with Crippen molar-refractivity contribution in [1.29, 1.82) is 0 Å². The van der Waals surface area contributed by atoms with Crippen LogP contribution in [0.15, 0.2) is 18.2 Å². The molecule has 4 heteroatoms. The van der Waals surface area contributed by atoms with E-state index in [1.54, 1.807) is 14.2 Å². The van der Waals surface area contributed by atoms with Crippen LogP contribution in [-0.4, -0.2) is 38.8 Å². The highest BCUT2D eigenvalue weighted by Gasteiger charge is 2.10. The molecule has 0 saturated heterocycles. The Labute approximate surface area is 122 Å². The number of rotatable bonds is 8. The zero-order valence-electron chi connectivity index (χ0n) is 13.3. The van der Waals surface area contributed by atoms with E-state index in [4.69, 9.17) is 15.2 Å². The van der Waals surface area contributed by atoms with Crippen molar-refractivity contribution in [2.24, 2.45) is 11.7 Å². The van der Waals surface area contributed by atoms with Gasteiger partial charge in [0.15, 0.2) is 0 Å². The maximum Gasteiger partial charge on any atom is 0.122 e. The van der Waals surface area contributed by atoms with Crippen molar-refractivity contribution in [1.82, 2.24) is 4.90 Å². The molecule has 0 fully saturated rings. The number of nitrogens with two attached hydrogens (primary N) is 1. The van der Waals surface area contributed by atoms with Crippen LogP contribution in [0.25, 0.3) is 0 Å². The van der Waals surface area contributed by atoms with Crippen LogP contribution in [0.2, 0.25) is 0 Å². The van der Waals surface area contributed by atoms with Gasteiger partial charge in [-0.2, -0.15) is 0 Å². The van der Waals surface area contributed by atoms with Crippen LogP contribution in [0.3, 0.4) is 0 Å². The summed E-state index contributed by atoms with van der Waals surface area (Å²) < 4.78 is 10.6. The fraction of sp³-hybridized carbons (Fsp3) is 0.625. The monoisotopic (exact) mass is 280 g/mol. The highest BCUT2D eigenvalue weighted by atomic mass is 16.5. The van der Waals surface area contributed by atoms with E-state index in [1.807, 2.05) is 18.2 Å². The second-order valence-electron chi connectivity index (χ2n) is 5.66. The van der Waals surface area contributed by atoms with Gasteiger partial charge < -0.3 is 20.1 Å². The molecule has 0 aliphatic carbocycles. The highest BCUT2D eigenvalue weighted by Crippen LogP contribution is 2.23. The zero-order chi connectivity index (χ0) is 15.1. The van der Waals surface area contributed by atoms with Crippen LogP contribution in [0.5, 0.6) is 11.5 Å². The summed E-state index contributed by atoms with van der Waals surface area (Å²) in [5, 5.41) is 0. The maximum atomic E-state index is 6.08. The van der Waals surface area contributed by atoms with Crippen molar-refractivity contribution in [2.75, 3.05) is 27.8 Å². The Kier molecular flexibility index (Phi) is 6.82. The highest BCUT2D eigenvalue weighted by molar-refractivity contribution is 5.38. The van der Waals surface area contributed by atoms with E-state index in [0.717, 1.165) is 31.0 Å². The van der Waals surface area contributed by atoms with Crippen molar-refractivity contribution in [3.63, 3.8) is 0 Å². The van der Waals surface area contributed by atoms with Crippen LogP contribution < -0.4 is 15.2 Å². The largest absolute Gasteiger partial charge is 0.497 e. The molecule has 0 aromatic heterocycles. The molecule has 4 nitrogen and oxygen atoms in total. The molecule has 20 heavy (non-hydrogen) atoms. The lowest BCUT2D eigenvalue weighted by molar-refractivity contribution is 0.295. The van der Waals surface area contributed by atoms with E-state index < -0.39 is 0 Å². The molecule has 0 saturated carbocycles. The number of ether oxygens (including phenoxy) is 2. The molecular weight excluding hydrogens is 252 g/mol. The lowest BCUT2D eigenvalue weighted by atomic mass is 10.0. The fourth-order valence-electron chi connectivity index (χ4n) is 2.05. The first kappa shape index (κ1) is 16.8. The van der Waals surface area contributed by atoms with Crippen molar-refractivity contribution in [2.45, 2.75) is 32.9 Å². The number of benzene rings is 1. The molecule has 1 aromatic rings. The van der Waals surface area contributed by atoms with Crippen LogP contribution in [0.1, 0.15) is 25.8 Å². The molecule has 1 unspecified atom stereocenters. The van der Waals surface area contributed by atoms with Crippen LogP contribution >= 0.6 is 0 Å². The number of hydrogen-bond donors (Lipinski definition) is 1. The number of nitrogens with zero attached hydrogens (tertiary/aromatic N) is 1.